The number of nitrogens with zero attached hydrogens (tertiary/aromatic N) is 2. The van der Waals surface area contributed by atoms with E-state index in [0.29, 0.717) is 47.9 Å². The van der Waals surface area contributed by atoms with Crippen molar-refractivity contribution in [2.45, 2.75) is 38.5 Å². The SMILES string of the molecule is O=C(NC[C@H]1CC[C@H]([CH]C2CCOCC2)CC1)c1cc(-c2ccc(NCCO)nc2)nc2ccccc12. The number of aliphatic hydroxyl groups is 1. The molecule has 3 heterocycles. The average Bonchev–Trinajstić information content (AvgIpc) is 2.96. The normalized spacial score (nSPS) is 20.6. The first kappa shape index (κ1) is 25.6. The zero-order chi connectivity index (χ0) is 25.5. The van der Waals surface area contributed by atoms with Gasteiger partial charge in [0, 0.05) is 43.4 Å². The summed E-state index contributed by atoms with van der Waals surface area (Å²) in [6.07, 6.45) is 11.4. The molecule has 1 aliphatic heterocycles. The van der Waals surface area contributed by atoms with Crippen LogP contribution in [0.5, 0.6) is 0 Å². The fourth-order valence-electron chi connectivity index (χ4n) is 5.56. The maximum Gasteiger partial charge on any atom is 0.252 e. The van der Waals surface area contributed by atoms with Gasteiger partial charge in [0.05, 0.1) is 23.4 Å². The third-order valence-electron chi connectivity index (χ3n) is 7.69. The molecule has 1 amide bonds. The monoisotopic (exact) mass is 501 g/mol. The molecule has 3 N–H and O–H groups in total. The van der Waals surface area contributed by atoms with E-state index in [0.717, 1.165) is 42.5 Å². The number of carbonyl (C=O) groups is 1. The molecule has 0 unspecified atom stereocenters. The van der Waals surface area contributed by atoms with Gasteiger partial charge in [-0.15, -0.1) is 0 Å². The molecule has 2 aliphatic rings. The molecule has 1 aliphatic carbocycles. The van der Waals surface area contributed by atoms with Crippen molar-refractivity contribution >= 4 is 22.6 Å². The zero-order valence-corrected chi connectivity index (χ0v) is 21.4. The van der Waals surface area contributed by atoms with Crippen molar-refractivity contribution in [1.29, 1.82) is 0 Å². The third kappa shape index (κ3) is 6.65. The molecule has 7 heteroatoms. The number of carbonyl (C=O) groups excluding carboxylic acids is 1. The van der Waals surface area contributed by atoms with Crippen LogP contribution >= 0.6 is 0 Å². The van der Waals surface area contributed by atoms with E-state index in [2.05, 4.69) is 22.0 Å². The van der Waals surface area contributed by atoms with Gasteiger partial charge in [-0.1, -0.05) is 18.2 Å². The van der Waals surface area contributed by atoms with E-state index >= 15 is 0 Å². The first-order valence-corrected chi connectivity index (χ1v) is 13.6. The Morgan fingerprint density at radius 2 is 1.81 bits per heavy atom. The zero-order valence-electron chi connectivity index (χ0n) is 21.4. The van der Waals surface area contributed by atoms with Gasteiger partial charge in [-0.25, -0.2) is 9.97 Å². The summed E-state index contributed by atoms with van der Waals surface area (Å²) in [4.78, 5) is 22.6. The molecule has 5 rings (SSSR count). The second-order valence-corrected chi connectivity index (χ2v) is 10.3. The summed E-state index contributed by atoms with van der Waals surface area (Å²) in [5.74, 6) is 2.59. The van der Waals surface area contributed by atoms with E-state index in [1.165, 1.54) is 25.7 Å². The smallest absolute Gasteiger partial charge is 0.252 e. The number of aromatic nitrogens is 2. The van der Waals surface area contributed by atoms with Crippen molar-refractivity contribution in [1.82, 2.24) is 15.3 Å². The van der Waals surface area contributed by atoms with Crippen LogP contribution in [-0.4, -0.2) is 53.9 Å². The average molecular weight is 502 g/mol. The summed E-state index contributed by atoms with van der Waals surface area (Å²) in [7, 11) is 0. The number of hydrogen-bond acceptors (Lipinski definition) is 6. The molecule has 1 saturated heterocycles. The molecule has 0 spiro atoms. The predicted octanol–water partition coefficient (Wildman–Crippen LogP) is 4.87. The highest BCUT2D eigenvalue weighted by Gasteiger charge is 2.25. The number of benzene rings is 1. The molecule has 1 aromatic carbocycles. The molecule has 0 atom stereocenters. The quantitative estimate of drug-likeness (QED) is 0.387. The molecule has 3 aromatic rings. The molecule has 0 bridgehead atoms. The van der Waals surface area contributed by atoms with Crippen LogP contribution in [-0.2, 0) is 4.74 Å². The van der Waals surface area contributed by atoms with Gasteiger partial charge in [0.25, 0.3) is 5.91 Å². The summed E-state index contributed by atoms with van der Waals surface area (Å²) in [6.45, 7) is 3.00. The lowest BCUT2D eigenvalue weighted by atomic mass is 9.76. The van der Waals surface area contributed by atoms with Crippen LogP contribution < -0.4 is 10.6 Å². The lowest BCUT2D eigenvalue weighted by molar-refractivity contribution is 0.0703. The largest absolute Gasteiger partial charge is 0.395 e. The van der Waals surface area contributed by atoms with Crippen LogP contribution in [0.15, 0.2) is 48.7 Å². The van der Waals surface area contributed by atoms with Crippen LogP contribution in [0.25, 0.3) is 22.2 Å². The molecule has 37 heavy (non-hydrogen) atoms. The van der Waals surface area contributed by atoms with E-state index in [-0.39, 0.29) is 12.5 Å². The minimum Gasteiger partial charge on any atom is -0.395 e. The third-order valence-corrected chi connectivity index (χ3v) is 7.69. The second-order valence-electron chi connectivity index (χ2n) is 10.3. The Morgan fingerprint density at radius 1 is 1.03 bits per heavy atom. The van der Waals surface area contributed by atoms with Crippen molar-refractivity contribution in [3.8, 4) is 11.3 Å². The van der Waals surface area contributed by atoms with Crippen LogP contribution in [0.4, 0.5) is 5.82 Å². The molecule has 195 valence electrons. The van der Waals surface area contributed by atoms with Gasteiger partial charge < -0.3 is 20.5 Å². The second kappa shape index (κ2) is 12.5. The van der Waals surface area contributed by atoms with Crippen molar-refractivity contribution in [3.05, 3.63) is 60.6 Å². The minimum absolute atomic E-state index is 0.0459. The van der Waals surface area contributed by atoms with E-state index in [1.807, 2.05) is 42.5 Å². The Hall–Kier alpha value is -3.03. The summed E-state index contributed by atoms with van der Waals surface area (Å²) in [5, 5.41) is 16.1. The Balaban J connectivity index is 1.22. The van der Waals surface area contributed by atoms with Crippen LogP contribution in [0, 0.1) is 24.2 Å². The van der Waals surface area contributed by atoms with Gasteiger partial charge >= 0.3 is 0 Å². The van der Waals surface area contributed by atoms with Crippen LogP contribution in [0.1, 0.15) is 48.9 Å². The predicted molar refractivity (Wildman–Crippen MR) is 146 cm³/mol. The lowest BCUT2D eigenvalue weighted by Gasteiger charge is -2.32. The number of para-hydroxylation sites is 1. The van der Waals surface area contributed by atoms with E-state index in [4.69, 9.17) is 14.8 Å². The topological polar surface area (TPSA) is 96.4 Å². The molecule has 2 aromatic heterocycles. The number of amides is 1. The van der Waals surface area contributed by atoms with E-state index in [1.54, 1.807) is 6.20 Å². The van der Waals surface area contributed by atoms with Crippen molar-refractivity contribution in [2.75, 3.05) is 38.2 Å². The molecular weight excluding hydrogens is 464 g/mol. The highest BCUT2D eigenvalue weighted by molar-refractivity contribution is 6.07. The van der Waals surface area contributed by atoms with Gasteiger partial charge in [-0.05, 0) is 87.0 Å². The van der Waals surface area contributed by atoms with Crippen molar-refractivity contribution in [3.63, 3.8) is 0 Å². The van der Waals surface area contributed by atoms with Gasteiger partial charge in [-0.2, -0.15) is 0 Å². The Bertz CT molecular complexity index is 1170. The highest BCUT2D eigenvalue weighted by Crippen LogP contribution is 2.34. The number of anilines is 1. The van der Waals surface area contributed by atoms with E-state index in [9.17, 15) is 4.79 Å². The highest BCUT2D eigenvalue weighted by atomic mass is 16.5. The maximum atomic E-state index is 13.4. The number of fused-ring (bicyclic) bond motifs is 1. The minimum atomic E-state index is -0.0510. The van der Waals surface area contributed by atoms with Crippen molar-refractivity contribution < 1.29 is 14.6 Å². The fraction of sp³-hybridized carbons (Fsp3) is 0.467. The molecular formula is C30H37N4O3. The Labute approximate surface area is 219 Å². The number of pyridine rings is 2. The van der Waals surface area contributed by atoms with Gasteiger partial charge in [-0.3, -0.25) is 4.79 Å². The fourth-order valence-corrected chi connectivity index (χ4v) is 5.56. The first-order valence-electron chi connectivity index (χ1n) is 13.6. The van der Waals surface area contributed by atoms with Crippen LogP contribution in [0.3, 0.4) is 0 Å². The van der Waals surface area contributed by atoms with Crippen LogP contribution in [0.2, 0.25) is 0 Å². The Kier molecular flexibility index (Phi) is 8.64. The molecule has 1 radical (unpaired) electrons. The first-order chi connectivity index (χ1) is 18.2. The number of hydrogen-bond donors (Lipinski definition) is 3. The molecule has 2 fully saturated rings. The molecule has 1 saturated carbocycles. The maximum absolute atomic E-state index is 13.4. The summed E-state index contributed by atoms with van der Waals surface area (Å²) < 4.78 is 5.50. The summed E-state index contributed by atoms with van der Waals surface area (Å²) in [5.41, 5.74) is 2.99. The summed E-state index contributed by atoms with van der Waals surface area (Å²) >= 11 is 0. The summed E-state index contributed by atoms with van der Waals surface area (Å²) in [6, 6.07) is 13.4. The number of ether oxygens (including phenoxy) is 1. The van der Waals surface area contributed by atoms with Gasteiger partial charge in [0.1, 0.15) is 5.82 Å². The lowest BCUT2D eigenvalue weighted by Crippen LogP contribution is -2.32. The van der Waals surface area contributed by atoms with Gasteiger partial charge in [0.15, 0.2) is 0 Å². The molecule has 7 nitrogen and oxygen atoms in total. The number of aliphatic hydroxyl groups excluding tert-OH is 1. The van der Waals surface area contributed by atoms with E-state index < -0.39 is 0 Å². The Morgan fingerprint density at radius 3 is 2.57 bits per heavy atom. The standard InChI is InChI=1S/C30H37N4O3/c35-14-13-31-29-10-9-24(20-32-29)28-18-26(25-3-1-2-4-27(25)34-28)30(36)33-19-23-7-5-21(6-8-23)17-22-11-15-37-16-12-22/h1-4,9-10,17-18,20-23,35H,5-8,11-16,19H2,(H,31,32)(H,33,36)/t21-,23-. The number of nitrogens with one attached hydrogen (secondary N) is 2. The van der Waals surface area contributed by atoms with Crippen molar-refractivity contribution in [2.24, 2.45) is 17.8 Å². The van der Waals surface area contributed by atoms with Gasteiger partial charge in [0.2, 0.25) is 0 Å². The number of rotatable bonds is 9.